The lowest BCUT2D eigenvalue weighted by Crippen LogP contribution is -1.96. The number of rotatable bonds is 3. The SMILES string of the molecule is C[C@H](O)c1ccc(Nc2ccccc2)nc1. The number of benzene rings is 1. The maximum absolute atomic E-state index is 9.34. The van der Waals surface area contributed by atoms with Crippen molar-refractivity contribution in [2.75, 3.05) is 5.32 Å². The van der Waals surface area contributed by atoms with Crippen molar-refractivity contribution in [3.8, 4) is 0 Å². The zero-order valence-electron chi connectivity index (χ0n) is 9.09. The summed E-state index contributed by atoms with van der Waals surface area (Å²) in [5.41, 5.74) is 1.82. The quantitative estimate of drug-likeness (QED) is 0.825. The van der Waals surface area contributed by atoms with Gasteiger partial charge in [-0.15, -0.1) is 0 Å². The molecule has 0 saturated heterocycles. The lowest BCUT2D eigenvalue weighted by atomic mass is 10.2. The first-order chi connectivity index (χ1) is 7.75. The van der Waals surface area contributed by atoms with E-state index in [0.29, 0.717) is 0 Å². The average Bonchev–Trinajstić information content (AvgIpc) is 2.31. The Labute approximate surface area is 94.8 Å². The molecule has 3 heteroatoms. The van der Waals surface area contributed by atoms with Gasteiger partial charge in [-0.05, 0) is 30.7 Å². The van der Waals surface area contributed by atoms with E-state index < -0.39 is 6.10 Å². The molecule has 0 aliphatic heterocycles. The highest BCUT2D eigenvalue weighted by Gasteiger charge is 2.01. The number of pyridine rings is 1. The number of para-hydroxylation sites is 1. The van der Waals surface area contributed by atoms with Crippen LogP contribution in [0.5, 0.6) is 0 Å². The van der Waals surface area contributed by atoms with Crippen molar-refractivity contribution < 1.29 is 5.11 Å². The fourth-order valence-electron chi connectivity index (χ4n) is 1.40. The van der Waals surface area contributed by atoms with Crippen LogP contribution in [0, 0.1) is 0 Å². The van der Waals surface area contributed by atoms with Crippen LogP contribution in [-0.4, -0.2) is 10.1 Å². The highest BCUT2D eigenvalue weighted by atomic mass is 16.3. The number of nitrogens with zero attached hydrogens (tertiary/aromatic N) is 1. The van der Waals surface area contributed by atoms with Gasteiger partial charge >= 0.3 is 0 Å². The molecule has 1 atom stereocenters. The van der Waals surface area contributed by atoms with Gasteiger partial charge in [0.15, 0.2) is 0 Å². The fraction of sp³-hybridized carbons (Fsp3) is 0.154. The van der Waals surface area contributed by atoms with E-state index in [1.807, 2.05) is 42.5 Å². The molecule has 1 aromatic heterocycles. The molecule has 2 aromatic rings. The van der Waals surface area contributed by atoms with Crippen LogP contribution in [0.4, 0.5) is 11.5 Å². The molecule has 2 N–H and O–H groups in total. The monoisotopic (exact) mass is 214 g/mol. The molecular weight excluding hydrogens is 200 g/mol. The van der Waals surface area contributed by atoms with Crippen molar-refractivity contribution in [1.82, 2.24) is 4.98 Å². The molecule has 0 amide bonds. The highest BCUT2D eigenvalue weighted by molar-refractivity contribution is 5.55. The van der Waals surface area contributed by atoms with Crippen LogP contribution < -0.4 is 5.32 Å². The van der Waals surface area contributed by atoms with Crippen molar-refractivity contribution in [2.45, 2.75) is 13.0 Å². The molecular formula is C13H14N2O. The Kier molecular flexibility index (Phi) is 3.17. The van der Waals surface area contributed by atoms with Crippen LogP contribution >= 0.6 is 0 Å². The summed E-state index contributed by atoms with van der Waals surface area (Å²) >= 11 is 0. The number of anilines is 2. The first-order valence-electron chi connectivity index (χ1n) is 5.22. The van der Waals surface area contributed by atoms with Crippen molar-refractivity contribution >= 4 is 11.5 Å². The Morgan fingerprint density at radius 2 is 1.88 bits per heavy atom. The molecule has 82 valence electrons. The van der Waals surface area contributed by atoms with Crippen LogP contribution in [0.1, 0.15) is 18.6 Å². The minimum atomic E-state index is -0.474. The third-order valence-corrected chi connectivity index (χ3v) is 2.31. The minimum Gasteiger partial charge on any atom is -0.389 e. The number of aromatic nitrogens is 1. The first-order valence-corrected chi connectivity index (χ1v) is 5.22. The third-order valence-electron chi connectivity index (χ3n) is 2.31. The first kappa shape index (κ1) is 10.6. The molecule has 0 saturated carbocycles. The summed E-state index contributed by atoms with van der Waals surface area (Å²) in [4.78, 5) is 4.22. The molecule has 0 fully saturated rings. The minimum absolute atomic E-state index is 0.474. The van der Waals surface area contributed by atoms with E-state index in [-0.39, 0.29) is 0 Å². The molecule has 0 unspecified atom stereocenters. The average molecular weight is 214 g/mol. The molecule has 0 aliphatic rings. The van der Waals surface area contributed by atoms with Crippen molar-refractivity contribution in [3.05, 3.63) is 54.2 Å². The van der Waals surface area contributed by atoms with E-state index >= 15 is 0 Å². The summed E-state index contributed by atoms with van der Waals surface area (Å²) in [6.07, 6.45) is 1.20. The van der Waals surface area contributed by atoms with E-state index in [4.69, 9.17) is 0 Å². The lowest BCUT2D eigenvalue weighted by Gasteiger charge is -2.07. The lowest BCUT2D eigenvalue weighted by molar-refractivity contribution is 0.199. The summed E-state index contributed by atoms with van der Waals surface area (Å²) in [5.74, 6) is 0.774. The number of nitrogens with one attached hydrogen (secondary N) is 1. The van der Waals surface area contributed by atoms with Gasteiger partial charge in [0, 0.05) is 11.9 Å². The third kappa shape index (κ3) is 2.58. The Hall–Kier alpha value is -1.87. The summed E-state index contributed by atoms with van der Waals surface area (Å²) in [7, 11) is 0. The van der Waals surface area contributed by atoms with Crippen molar-refractivity contribution in [1.29, 1.82) is 0 Å². The number of aliphatic hydroxyl groups is 1. The van der Waals surface area contributed by atoms with Crippen molar-refractivity contribution in [2.24, 2.45) is 0 Å². The second-order valence-corrected chi connectivity index (χ2v) is 3.64. The Bertz CT molecular complexity index is 437. The fourth-order valence-corrected chi connectivity index (χ4v) is 1.40. The van der Waals surface area contributed by atoms with E-state index in [9.17, 15) is 5.11 Å². The molecule has 0 radical (unpaired) electrons. The summed E-state index contributed by atoms with van der Waals surface area (Å²) in [6.45, 7) is 1.72. The molecule has 2 rings (SSSR count). The van der Waals surface area contributed by atoms with Gasteiger partial charge in [-0.3, -0.25) is 0 Å². The van der Waals surface area contributed by atoms with E-state index in [1.165, 1.54) is 0 Å². The van der Waals surface area contributed by atoms with Crippen LogP contribution in [0.3, 0.4) is 0 Å². The van der Waals surface area contributed by atoms with Gasteiger partial charge in [-0.2, -0.15) is 0 Å². The van der Waals surface area contributed by atoms with Gasteiger partial charge in [0.05, 0.1) is 6.10 Å². The predicted octanol–water partition coefficient (Wildman–Crippen LogP) is 2.88. The molecule has 0 aliphatic carbocycles. The predicted molar refractivity (Wildman–Crippen MR) is 64.6 cm³/mol. The van der Waals surface area contributed by atoms with E-state index in [1.54, 1.807) is 13.1 Å². The maximum atomic E-state index is 9.34. The molecule has 1 aromatic carbocycles. The number of hydrogen-bond acceptors (Lipinski definition) is 3. The molecule has 0 spiro atoms. The summed E-state index contributed by atoms with van der Waals surface area (Å²) < 4.78 is 0. The van der Waals surface area contributed by atoms with Crippen LogP contribution in [0.15, 0.2) is 48.7 Å². The van der Waals surface area contributed by atoms with Gasteiger partial charge in [-0.1, -0.05) is 24.3 Å². The number of hydrogen-bond donors (Lipinski definition) is 2. The van der Waals surface area contributed by atoms with Gasteiger partial charge in [0.1, 0.15) is 5.82 Å². The molecule has 0 bridgehead atoms. The molecule has 3 nitrogen and oxygen atoms in total. The molecule has 1 heterocycles. The Morgan fingerprint density at radius 1 is 1.12 bits per heavy atom. The standard InChI is InChI=1S/C13H14N2O/c1-10(16)11-7-8-13(14-9-11)15-12-5-3-2-4-6-12/h2-10,16H,1H3,(H,14,15)/t10-/m0/s1. The Morgan fingerprint density at radius 3 is 2.44 bits per heavy atom. The number of aliphatic hydroxyl groups excluding tert-OH is 1. The zero-order valence-corrected chi connectivity index (χ0v) is 9.09. The smallest absolute Gasteiger partial charge is 0.130 e. The summed E-state index contributed by atoms with van der Waals surface area (Å²) in [5, 5.41) is 12.5. The largest absolute Gasteiger partial charge is 0.389 e. The van der Waals surface area contributed by atoms with E-state index in [0.717, 1.165) is 17.1 Å². The second kappa shape index (κ2) is 4.77. The van der Waals surface area contributed by atoms with Crippen molar-refractivity contribution in [3.63, 3.8) is 0 Å². The zero-order chi connectivity index (χ0) is 11.4. The van der Waals surface area contributed by atoms with Crippen LogP contribution in [-0.2, 0) is 0 Å². The van der Waals surface area contributed by atoms with Gasteiger partial charge in [0.25, 0.3) is 0 Å². The van der Waals surface area contributed by atoms with Gasteiger partial charge in [0.2, 0.25) is 0 Å². The molecule has 16 heavy (non-hydrogen) atoms. The normalized spacial score (nSPS) is 12.1. The highest BCUT2D eigenvalue weighted by Crippen LogP contribution is 2.16. The maximum Gasteiger partial charge on any atom is 0.130 e. The second-order valence-electron chi connectivity index (χ2n) is 3.64. The van der Waals surface area contributed by atoms with Crippen LogP contribution in [0.2, 0.25) is 0 Å². The van der Waals surface area contributed by atoms with E-state index in [2.05, 4.69) is 10.3 Å². The summed E-state index contributed by atoms with van der Waals surface area (Å²) in [6, 6.07) is 13.6. The van der Waals surface area contributed by atoms with Crippen LogP contribution in [0.25, 0.3) is 0 Å². The van der Waals surface area contributed by atoms with Gasteiger partial charge < -0.3 is 10.4 Å². The topological polar surface area (TPSA) is 45.1 Å². The Balaban J connectivity index is 2.11. The van der Waals surface area contributed by atoms with Gasteiger partial charge in [-0.25, -0.2) is 4.98 Å².